The van der Waals surface area contributed by atoms with Crippen molar-refractivity contribution in [3.8, 4) is 0 Å². The number of esters is 1. The van der Waals surface area contributed by atoms with E-state index in [0.717, 1.165) is 6.08 Å². The van der Waals surface area contributed by atoms with Gasteiger partial charge in [-0.25, -0.2) is 4.79 Å². The highest BCUT2D eigenvalue weighted by Gasteiger charge is 2.15. The van der Waals surface area contributed by atoms with Crippen LogP contribution in [0.3, 0.4) is 0 Å². The van der Waals surface area contributed by atoms with Crippen molar-refractivity contribution in [3.05, 3.63) is 12.7 Å². The average molecular weight is 269 g/mol. The molecule has 0 saturated heterocycles. The Labute approximate surface area is 101 Å². The summed E-state index contributed by atoms with van der Waals surface area (Å²) in [5, 5.41) is 3.09. The number of hydrogen-bond acceptors (Lipinski definition) is 5. The van der Waals surface area contributed by atoms with Crippen LogP contribution >= 0.6 is 0 Å². The first-order valence-corrected chi connectivity index (χ1v) is 6.05. The Hall–Kier alpha value is -0.960. The van der Waals surface area contributed by atoms with Crippen LogP contribution in [0.25, 0.3) is 0 Å². The predicted octanol–water partition coefficient (Wildman–Crippen LogP) is 0.797. The Bertz CT molecular complexity index is 335. The van der Waals surface area contributed by atoms with Crippen molar-refractivity contribution in [2.45, 2.75) is 39.5 Å². The molecule has 0 aromatic heterocycles. The predicted molar refractivity (Wildman–Crippen MR) is 62.8 cm³/mol. The third-order valence-corrected chi connectivity index (χ3v) is 1.10. The molecule has 8 heteroatoms. The first-order valence-electron chi connectivity index (χ1n) is 4.66. The van der Waals surface area contributed by atoms with Gasteiger partial charge in [0.15, 0.2) is 6.23 Å². The van der Waals surface area contributed by atoms with Gasteiger partial charge in [-0.15, -0.1) is 0 Å². The van der Waals surface area contributed by atoms with Gasteiger partial charge in [-0.2, -0.15) is 8.42 Å². The lowest BCUT2D eigenvalue weighted by Crippen LogP contribution is -2.44. The molecule has 102 valence electrons. The van der Waals surface area contributed by atoms with Crippen LogP contribution in [0.4, 0.5) is 0 Å². The van der Waals surface area contributed by atoms with Gasteiger partial charge in [-0.3, -0.25) is 14.4 Å². The standard InChI is InChI=1S/C9H17NO2.H2O4S/c1-6-8(11)12-7(2)10-9(3,4)5;1-5(2,3)4/h6-7,10H,1H2,2-5H3;(H2,1,2,3,4). The van der Waals surface area contributed by atoms with Crippen molar-refractivity contribution < 1.29 is 27.1 Å². The van der Waals surface area contributed by atoms with E-state index in [0.29, 0.717) is 0 Å². The maximum absolute atomic E-state index is 10.7. The minimum atomic E-state index is -4.67. The van der Waals surface area contributed by atoms with E-state index in [9.17, 15) is 4.79 Å². The second-order valence-electron chi connectivity index (χ2n) is 4.13. The fraction of sp³-hybridized carbons (Fsp3) is 0.667. The summed E-state index contributed by atoms with van der Waals surface area (Å²) in [4.78, 5) is 10.7. The quantitative estimate of drug-likeness (QED) is 0.300. The minimum Gasteiger partial charge on any atom is -0.444 e. The Kier molecular flexibility index (Phi) is 7.99. The van der Waals surface area contributed by atoms with E-state index < -0.39 is 16.4 Å². The normalized spacial score (nSPS) is 13.1. The minimum absolute atomic E-state index is 0.0547. The van der Waals surface area contributed by atoms with E-state index in [1.165, 1.54) is 0 Å². The van der Waals surface area contributed by atoms with E-state index in [-0.39, 0.29) is 11.8 Å². The van der Waals surface area contributed by atoms with E-state index in [1.807, 2.05) is 20.8 Å². The molecule has 0 bridgehead atoms. The highest BCUT2D eigenvalue weighted by atomic mass is 32.3. The van der Waals surface area contributed by atoms with Gasteiger partial charge in [-0.05, 0) is 27.7 Å². The molecule has 3 N–H and O–H groups in total. The summed E-state index contributed by atoms with van der Waals surface area (Å²) in [5.41, 5.74) is -0.0547. The molecule has 0 aliphatic carbocycles. The van der Waals surface area contributed by atoms with Gasteiger partial charge in [-0.1, -0.05) is 6.58 Å². The summed E-state index contributed by atoms with van der Waals surface area (Å²) in [6.07, 6.45) is 0.872. The molecule has 0 amide bonds. The zero-order valence-electron chi connectivity index (χ0n) is 10.3. The lowest BCUT2D eigenvalue weighted by Gasteiger charge is -2.25. The second-order valence-corrected chi connectivity index (χ2v) is 5.02. The van der Waals surface area contributed by atoms with Gasteiger partial charge in [0, 0.05) is 11.6 Å². The van der Waals surface area contributed by atoms with E-state index in [1.54, 1.807) is 6.92 Å². The fourth-order valence-corrected chi connectivity index (χ4v) is 0.862. The molecule has 0 spiro atoms. The molecule has 1 atom stereocenters. The first kappa shape index (κ1) is 18.4. The molecular weight excluding hydrogens is 250 g/mol. The molecule has 0 radical (unpaired) electrons. The van der Waals surface area contributed by atoms with Gasteiger partial charge in [0.1, 0.15) is 0 Å². The van der Waals surface area contributed by atoms with Gasteiger partial charge in [0.2, 0.25) is 0 Å². The maximum atomic E-state index is 10.7. The number of carbonyl (C=O) groups excluding carboxylic acids is 1. The molecule has 0 aliphatic rings. The number of ether oxygens (including phenoxy) is 1. The number of rotatable bonds is 3. The molecule has 7 nitrogen and oxygen atoms in total. The summed E-state index contributed by atoms with van der Waals surface area (Å²) in [6, 6.07) is 0. The molecule has 0 aromatic rings. The van der Waals surface area contributed by atoms with Crippen molar-refractivity contribution in [2.75, 3.05) is 0 Å². The summed E-state index contributed by atoms with van der Waals surface area (Å²) < 4.78 is 36.5. The molecular formula is C9H19NO6S. The van der Waals surface area contributed by atoms with Crippen molar-refractivity contribution >= 4 is 16.4 Å². The second kappa shape index (κ2) is 7.38. The summed E-state index contributed by atoms with van der Waals surface area (Å²) in [7, 11) is -4.67. The molecule has 17 heavy (non-hydrogen) atoms. The zero-order valence-corrected chi connectivity index (χ0v) is 11.1. The Morgan fingerprint density at radius 1 is 1.41 bits per heavy atom. The molecule has 1 unspecified atom stereocenters. The van der Waals surface area contributed by atoms with Crippen molar-refractivity contribution in [1.82, 2.24) is 5.32 Å². The number of hydrogen-bond donors (Lipinski definition) is 3. The summed E-state index contributed by atoms with van der Waals surface area (Å²) in [5.74, 6) is -0.403. The van der Waals surface area contributed by atoms with Crippen LogP contribution in [0.1, 0.15) is 27.7 Å². The van der Waals surface area contributed by atoms with Crippen LogP contribution in [0.5, 0.6) is 0 Å². The smallest absolute Gasteiger partial charge is 0.394 e. The van der Waals surface area contributed by atoms with Crippen molar-refractivity contribution in [1.29, 1.82) is 0 Å². The lowest BCUT2D eigenvalue weighted by molar-refractivity contribution is -0.144. The monoisotopic (exact) mass is 269 g/mol. The molecule has 0 aromatic carbocycles. The Morgan fingerprint density at radius 2 is 1.76 bits per heavy atom. The maximum Gasteiger partial charge on any atom is 0.394 e. The van der Waals surface area contributed by atoms with Crippen LogP contribution in [0.15, 0.2) is 12.7 Å². The molecule has 0 saturated carbocycles. The highest BCUT2D eigenvalue weighted by Crippen LogP contribution is 2.01. The van der Waals surface area contributed by atoms with Crippen molar-refractivity contribution in [3.63, 3.8) is 0 Å². The molecule has 0 heterocycles. The third-order valence-electron chi connectivity index (χ3n) is 1.10. The van der Waals surface area contributed by atoms with Crippen LogP contribution in [-0.2, 0) is 19.9 Å². The topological polar surface area (TPSA) is 113 Å². The van der Waals surface area contributed by atoms with Gasteiger partial charge in [0.05, 0.1) is 0 Å². The van der Waals surface area contributed by atoms with Gasteiger partial charge >= 0.3 is 16.4 Å². The van der Waals surface area contributed by atoms with E-state index >= 15 is 0 Å². The number of carbonyl (C=O) groups is 1. The Morgan fingerprint density at radius 3 is 2.00 bits per heavy atom. The molecule has 0 aliphatic heterocycles. The summed E-state index contributed by atoms with van der Waals surface area (Å²) in [6.45, 7) is 11.1. The van der Waals surface area contributed by atoms with E-state index in [2.05, 4.69) is 11.9 Å². The average Bonchev–Trinajstić information content (AvgIpc) is 1.96. The lowest BCUT2D eigenvalue weighted by atomic mass is 10.1. The first-order chi connectivity index (χ1) is 7.35. The third kappa shape index (κ3) is 25.4. The van der Waals surface area contributed by atoms with Gasteiger partial charge in [0.25, 0.3) is 0 Å². The van der Waals surface area contributed by atoms with Crippen LogP contribution in [-0.4, -0.2) is 35.3 Å². The van der Waals surface area contributed by atoms with Crippen LogP contribution in [0, 0.1) is 0 Å². The van der Waals surface area contributed by atoms with Crippen LogP contribution in [0.2, 0.25) is 0 Å². The fourth-order valence-electron chi connectivity index (χ4n) is 0.862. The Balaban J connectivity index is 0. The summed E-state index contributed by atoms with van der Waals surface area (Å²) >= 11 is 0. The van der Waals surface area contributed by atoms with E-state index in [4.69, 9.17) is 22.3 Å². The van der Waals surface area contributed by atoms with Crippen molar-refractivity contribution in [2.24, 2.45) is 0 Å². The van der Waals surface area contributed by atoms with Crippen LogP contribution < -0.4 is 5.32 Å². The molecule has 0 rings (SSSR count). The largest absolute Gasteiger partial charge is 0.444 e. The highest BCUT2D eigenvalue weighted by molar-refractivity contribution is 7.79. The van der Waals surface area contributed by atoms with Gasteiger partial charge < -0.3 is 4.74 Å². The molecule has 0 fully saturated rings. The number of nitrogens with one attached hydrogen (secondary N) is 1. The SMILES string of the molecule is C=CC(=O)OC(C)NC(C)(C)C.O=S(=O)(O)O. The zero-order chi connectivity index (χ0) is 14.3.